The third-order valence-corrected chi connectivity index (χ3v) is 5.61. The number of carbonyl (C=O) groups excluding carboxylic acids is 1. The van der Waals surface area contributed by atoms with Crippen molar-refractivity contribution in [2.75, 3.05) is 10.0 Å². The molecule has 0 aliphatic heterocycles. The van der Waals surface area contributed by atoms with Crippen LogP contribution in [0.15, 0.2) is 60.0 Å². The quantitative estimate of drug-likeness (QED) is 0.295. The van der Waals surface area contributed by atoms with E-state index in [-0.39, 0.29) is 29.0 Å². The number of phenolic OH excluding ortho intramolecular Hbond substituents is 1. The van der Waals surface area contributed by atoms with E-state index >= 15 is 0 Å². The number of amides is 1. The molecular formula is C20H19N7O4S. The van der Waals surface area contributed by atoms with E-state index in [9.17, 15) is 18.3 Å². The van der Waals surface area contributed by atoms with Crippen LogP contribution in [0.4, 0.5) is 17.3 Å². The number of aryl methyl sites for hydroxylation is 1. The molecule has 12 heteroatoms. The average molecular weight is 453 g/mol. The average Bonchev–Trinajstić information content (AvgIpc) is 3.19. The number of hydrogen-bond donors (Lipinski definition) is 4. The topological polar surface area (TPSA) is 151 Å². The van der Waals surface area contributed by atoms with E-state index in [1.807, 2.05) is 0 Å². The van der Waals surface area contributed by atoms with Crippen molar-refractivity contribution in [2.24, 2.45) is 7.05 Å². The van der Waals surface area contributed by atoms with E-state index in [0.29, 0.717) is 28.7 Å². The van der Waals surface area contributed by atoms with Crippen molar-refractivity contribution in [3.63, 3.8) is 0 Å². The number of carbonyl (C=O) groups is 1. The van der Waals surface area contributed by atoms with Crippen molar-refractivity contribution in [3.8, 4) is 5.75 Å². The number of aromatic nitrogens is 4. The van der Waals surface area contributed by atoms with Gasteiger partial charge >= 0.3 is 0 Å². The monoisotopic (exact) mass is 453 g/mol. The molecule has 2 heterocycles. The van der Waals surface area contributed by atoms with Gasteiger partial charge in [-0.05, 0) is 29.8 Å². The summed E-state index contributed by atoms with van der Waals surface area (Å²) >= 11 is 0. The van der Waals surface area contributed by atoms with Crippen molar-refractivity contribution < 1.29 is 18.3 Å². The summed E-state index contributed by atoms with van der Waals surface area (Å²) in [5, 5.41) is 15.4. The molecule has 4 aromatic rings. The van der Waals surface area contributed by atoms with Gasteiger partial charge in [-0.1, -0.05) is 12.1 Å². The van der Waals surface area contributed by atoms with E-state index in [4.69, 9.17) is 0 Å². The molecule has 0 saturated heterocycles. The number of nitrogens with one attached hydrogen (secondary N) is 3. The van der Waals surface area contributed by atoms with Gasteiger partial charge in [-0.3, -0.25) is 9.52 Å². The Bertz CT molecular complexity index is 1400. The maximum atomic E-state index is 12.8. The second-order valence-corrected chi connectivity index (χ2v) is 8.53. The van der Waals surface area contributed by atoms with Crippen LogP contribution in [0.2, 0.25) is 0 Å². The van der Waals surface area contributed by atoms with Gasteiger partial charge in [0, 0.05) is 31.5 Å². The molecule has 4 N–H and O–H groups in total. The third kappa shape index (κ3) is 4.59. The van der Waals surface area contributed by atoms with Gasteiger partial charge in [-0.25, -0.2) is 15.0 Å². The second kappa shape index (κ2) is 8.51. The molecule has 0 spiro atoms. The Morgan fingerprint density at radius 3 is 2.47 bits per heavy atom. The summed E-state index contributed by atoms with van der Waals surface area (Å²) in [6, 6.07) is 11.6. The van der Waals surface area contributed by atoms with Gasteiger partial charge in [-0.2, -0.15) is 8.42 Å². The molecule has 32 heavy (non-hydrogen) atoms. The van der Waals surface area contributed by atoms with Gasteiger partial charge in [0.1, 0.15) is 5.75 Å². The molecule has 0 atom stereocenters. The lowest BCUT2D eigenvalue weighted by molar-refractivity contribution is -0.109. The number of phenols is 1. The molecule has 0 saturated carbocycles. The molecule has 0 unspecified atom stereocenters. The molecule has 11 nitrogen and oxygen atoms in total. The lowest BCUT2D eigenvalue weighted by Gasteiger charge is -2.14. The van der Waals surface area contributed by atoms with E-state index in [0.717, 1.165) is 0 Å². The minimum absolute atomic E-state index is 0.0368. The highest BCUT2D eigenvalue weighted by molar-refractivity contribution is 7.92. The number of aromatic hydroxyl groups is 1. The first-order valence-corrected chi connectivity index (χ1v) is 10.9. The Balaban J connectivity index is 1.75. The molecule has 164 valence electrons. The first-order valence-electron chi connectivity index (χ1n) is 9.38. The van der Waals surface area contributed by atoms with E-state index in [1.165, 1.54) is 29.2 Å². The highest BCUT2D eigenvalue weighted by Crippen LogP contribution is 2.29. The van der Waals surface area contributed by atoms with Crippen molar-refractivity contribution in [3.05, 3.63) is 60.6 Å². The first-order chi connectivity index (χ1) is 15.3. The van der Waals surface area contributed by atoms with Gasteiger partial charge in [0.15, 0.2) is 16.7 Å². The van der Waals surface area contributed by atoms with E-state index < -0.39 is 10.0 Å². The summed E-state index contributed by atoms with van der Waals surface area (Å²) in [5.74, 6) is 0.0513. The predicted molar refractivity (Wildman–Crippen MR) is 118 cm³/mol. The molecule has 0 bridgehead atoms. The normalized spacial score (nSPS) is 11.3. The van der Waals surface area contributed by atoms with Crippen LogP contribution in [0.5, 0.6) is 5.75 Å². The lowest BCUT2D eigenvalue weighted by atomic mass is 10.2. The van der Waals surface area contributed by atoms with Crippen molar-refractivity contribution in [2.45, 2.75) is 11.6 Å². The van der Waals surface area contributed by atoms with Crippen molar-refractivity contribution in [1.29, 1.82) is 0 Å². The summed E-state index contributed by atoms with van der Waals surface area (Å²) in [4.78, 5) is 23.4. The molecule has 1 amide bonds. The smallest absolute Gasteiger partial charge is 0.282 e. The number of para-hydroxylation sites is 2. The SMILES string of the molecule is Cn1cnc(S(=O)(=O)Nc2nc3ccccc3nc2Nc2cc(O)cc(CNC=O)c2)c1. The summed E-state index contributed by atoms with van der Waals surface area (Å²) in [6.07, 6.45) is 3.29. The zero-order valence-electron chi connectivity index (χ0n) is 16.8. The first kappa shape index (κ1) is 21.1. The number of anilines is 3. The molecular weight excluding hydrogens is 434 g/mol. The Hall–Kier alpha value is -4.19. The third-order valence-electron chi connectivity index (χ3n) is 4.39. The van der Waals surface area contributed by atoms with Crippen LogP contribution in [0.25, 0.3) is 11.0 Å². The van der Waals surface area contributed by atoms with Crippen LogP contribution in [0.3, 0.4) is 0 Å². The van der Waals surface area contributed by atoms with Crippen LogP contribution in [-0.4, -0.2) is 39.5 Å². The largest absolute Gasteiger partial charge is 0.508 e. The summed E-state index contributed by atoms with van der Waals surface area (Å²) < 4.78 is 29.6. The molecule has 2 aromatic carbocycles. The zero-order valence-corrected chi connectivity index (χ0v) is 17.7. The standard InChI is InChI=1S/C20H19N7O4S/c1-27-10-18(22-11-27)32(30,31)26-20-19(24-16-4-2-3-5-17(16)25-20)23-14-6-13(9-21-12-28)7-15(29)8-14/h2-8,10-12,29H,9H2,1H3,(H,21,28)(H,23,24)(H,25,26). The van der Waals surface area contributed by atoms with Gasteiger partial charge in [-0.15, -0.1) is 0 Å². The highest BCUT2D eigenvalue weighted by atomic mass is 32.2. The zero-order chi connectivity index (χ0) is 22.7. The number of nitrogens with zero attached hydrogens (tertiary/aromatic N) is 4. The lowest BCUT2D eigenvalue weighted by Crippen LogP contribution is -2.16. The Kier molecular flexibility index (Phi) is 5.60. The fraction of sp³-hybridized carbons (Fsp3) is 0.100. The van der Waals surface area contributed by atoms with Gasteiger partial charge in [0.25, 0.3) is 10.0 Å². The van der Waals surface area contributed by atoms with Crippen LogP contribution in [-0.2, 0) is 28.4 Å². The second-order valence-electron chi connectivity index (χ2n) is 6.90. The van der Waals surface area contributed by atoms with Crippen LogP contribution in [0.1, 0.15) is 5.56 Å². The summed E-state index contributed by atoms with van der Waals surface area (Å²) in [6.45, 7) is 0.204. The Morgan fingerprint density at radius 2 is 1.81 bits per heavy atom. The van der Waals surface area contributed by atoms with Crippen molar-refractivity contribution in [1.82, 2.24) is 24.8 Å². The molecule has 0 aliphatic rings. The van der Waals surface area contributed by atoms with Crippen LogP contribution >= 0.6 is 0 Å². The fourth-order valence-electron chi connectivity index (χ4n) is 3.01. The molecule has 0 fully saturated rings. The van der Waals surface area contributed by atoms with Gasteiger partial charge < -0.3 is 20.3 Å². The minimum atomic E-state index is -4.03. The number of hydrogen-bond acceptors (Lipinski definition) is 8. The summed E-state index contributed by atoms with van der Waals surface area (Å²) in [7, 11) is -2.37. The molecule has 0 aliphatic carbocycles. The number of imidazole rings is 1. The number of benzene rings is 2. The fourth-order valence-corrected chi connectivity index (χ4v) is 4.00. The Labute approximate surface area is 183 Å². The van der Waals surface area contributed by atoms with Crippen LogP contribution < -0.4 is 15.4 Å². The predicted octanol–water partition coefficient (Wildman–Crippen LogP) is 1.86. The maximum Gasteiger partial charge on any atom is 0.282 e. The van der Waals surface area contributed by atoms with E-state index in [1.54, 1.807) is 37.4 Å². The number of sulfonamides is 1. The number of rotatable bonds is 8. The molecule has 2 aromatic heterocycles. The molecule has 0 radical (unpaired) electrons. The Morgan fingerprint density at radius 1 is 1.09 bits per heavy atom. The molecule has 4 rings (SSSR count). The van der Waals surface area contributed by atoms with Crippen molar-refractivity contribution >= 4 is 44.8 Å². The minimum Gasteiger partial charge on any atom is -0.508 e. The van der Waals surface area contributed by atoms with Crippen LogP contribution in [0, 0.1) is 0 Å². The van der Waals surface area contributed by atoms with E-state index in [2.05, 4.69) is 30.3 Å². The number of fused-ring (bicyclic) bond motifs is 1. The highest BCUT2D eigenvalue weighted by Gasteiger charge is 2.21. The maximum absolute atomic E-state index is 12.8. The van der Waals surface area contributed by atoms with Gasteiger partial charge in [0.05, 0.1) is 17.4 Å². The summed E-state index contributed by atoms with van der Waals surface area (Å²) in [5.41, 5.74) is 2.09. The van der Waals surface area contributed by atoms with Gasteiger partial charge in [0.2, 0.25) is 6.41 Å².